The lowest BCUT2D eigenvalue weighted by atomic mass is 9.93. The zero-order chi connectivity index (χ0) is 17.6. The number of carbonyl (C=O) groups is 1. The first-order valence-corrected chi connectivity index (χ1v) is 8.76. The van der Waals surface area contributed by atoms with Gasteiger partial charge in [0.2, 0.25) is 0 Å². The summed E-state index contributed by atoms with van der Waals surface area (Å²) in [6.07, 6.45) is 2.60. The number of nitrogens with zero attached hydrogens (tertiary/aromatic N) is 2. The first-order valence-electron chi connectivity index (χ1n) is 8.76. The Hall–Kier alpha value is -2.12. The molecular formula is C18H24N4O3. The number of carbonyl (C=O) groups excluding carboxylic acids is 1. The molecule has 2 amide bonds. The number of morpholine rings is 1. The highest BCUT2D eigenvalue weighted by molar-refractivity contribution is 5.93. The Morgan fingerprint density at radius 2 is 2.28 bits per heavy atom. The van der Waals surface area contributed by atoms with E-state index in [2.05, 4.69) is 15.5 Å². The van der Waals surface area contributed by atoms with Gasteiger partial charge >= 0.3 is 6.03 Å². The van der Waals surface area contributed by atoms with E-state index in [0.29, 0.717) is 19.7 Å². The van der Waals surface area contributed by atoms with Crippen molar-refractivity contribution in [2.24, 2.45) is 0 Å². The van der Waals surface area contributed by atoms with E-state index < -0.39 is 5.60 Å². The summed E-state index contributed by atoms with van der Waals surface area (Å²) in [6.45, 7) is 7.85. The monoisotopic (exact) mass is 344 g/mol. The Kier molecular flexibility index (Phi) is 3.92. The largest absolute Gasteiger partial charge is 0.375 e. The van der Waals surface area contributed by atoms with Crippen molar-refractivity contribution < 1.29 is 14.3 Å². The molecular weight excluding hydrogens is 320 g/mol. The van der Waals surface area contributed by atoms with Crippen LogP contribution in [0.15, 0.2) is 18.3 Å². The zero-order valence-electron chi connectivity index (χ0n) is 14.8. The summed E-state index contributed by atoms with van der Waals surface area (Å²) in [5, 5.41) is 11.1. The standard InChI is InChI=1S/C18H24N4O3/c1-11-6-14(7-16-15(11)8-19-21-16)20-17(23)22-9-12(2)25-18(10-22)4-5-24-13(18)3/h6-8,12-13H,4-5,9-10H2,1-3H3,(H,19,21)(H,20,23)/t12-,13-,18-/m0/s1. The number of H-pyrrole nitrogens is 1. The van der Waals surface area contributed by atoms with E-state index in [1.807, 2.05) is 37.8 Å². The van der Waals surface area contributed by atoms with Crippen LogP contribution >= 0.6 is 0 Å². The van der Waals surface area contributed by atoms with Crippen molar-refractivity contribution in [3.8, 4) is 0 Å². The van der Waals surface area contributed by atoms with Gasteiger partial charge in [-0.15, -0.1) is 0 Å². The molecule has 3 heterocycles. The Labute approximate surface area is 146 Å². The molecule has 1 aromatic carbocycles. The molecule has 1 spiro atoms. The summed E-state index contributed by atoms with van der Waals surface area (Å²) >= 11 is 0. The van der Waals surface area contributed by atoms with E-state index in [1.165, 1.54) is 0 Å². The van der Waals surface area contributed by atoms with Crippen LogP contribution in [0.3, 0.4) is 0 Å². The number of urea groups is 1. The van der Waals surface area contributed by atoms with Gasteiger partial charge in [0, 0.05) is 30.6 Å². The SMILES string of the molecule is Cc1cc(NC(=O)N2C[C@H](C)O[C@@]3(CCO[C@H]3C)C2)cc2[nH]ncc12. The number of anilines is 1. The molecule has 0 unspecified atom stereocenters. The molecule has 2 saturated heterocycles. The van der Waals surface area contributed by atoms with E-state index >= 15 is 0 Å². The number of hydrogen-bond donors (Lipinski definition) is 2. The molecule has 2 aromatic rings. The van der Waals surface area contributed by atoms with Gasteiger partial charge in [0.15, 0.2) is 0 Å². The first kappa shape index (κ1) is 16.4. The number of aromatic nitrogens is 2. The highest BCUT2D eigenvalue weighted by atomic mass is 16.6. The maximum atomic E-state index is 12.8. The molecule has 0 aliphatic carbocycles. The highest BCUT2D eigenvalue weighted by Gasteiger charge is 2.48. The lowest BCUT2D eigenvalue weighted by Crippen LogP contribution is -2.60. The van der Waals surface area contributed by atoms with E-state index in [1.54, 1.807) is 6.20 Å². The van der Waals surface area contributed by atoms with Crippen LogP contribution < -0.4 is 5.32 Å². The van der Waals surface area contributed by atoms with Gasteiger partial charge in [-0.05, 0) is 38.5 Å². The van der Waals surface area contributed by atoms with Crippen molar-refractivity contribution in [2.45, 2.75) is 45.0 Å². The van der Waals surface area contributed by atoms with Crippen LogP contribution in [-0.4, -0.2) is 58.6 Å². The smallest absolute Gasteiger partial charge is 0.322 e. The number of aromatic amines is 1. The van der Waals surface area contributed by atoms with Crippen LogP contribution in [0.1, 0.15) is 25.8 Å². The normalized spacial score (nSPS) is 29.5. The predicted octanol–water partition coefficient (Wildman–Crippen LogP) is 2.67. The van der Waals surface area contributed by atoms with Gasteiger partial charge in [-0.25, -0.2) is 4.79 Å². The second-order valence-corrected chi connectivity index (χ2v) is 7.19. The lowest BCUT2D eigenvalue weighted by Gasteiger charge is -2.44. The summed E-state index contributed by atoms with van der Waals surface area (Å²) in [6, 6.07) is 3.78. The quantitative estimate of drug-likeness (QED) is 0.833. The third kappa shape index (κ3) is 2.87. The zero-order valence-corrected chi connectivity index (χ0v) is 14.8. The van der Waals surface area contributed by atoms with Crippen molar-refractivity contribution in [1.82, 2.24) is 15.1 Å². The maximum Gasteiger partial charge on any atom is 0.322 e. The summed E-state index contributed by atoms with van der Waals surface area (Å²) in [4.78, 5) is 14.7. The topological polar surface area (TPSA) is 79.5 Å². The van der Waals surface area contributed by atoms with Crippen LogP contribution in [0.4, 0.5) is 10.5 Å². The van der Waals surface area contributed by atoms with Gasteiger partial charge in [0.1, 0.15) is 5.60 Å². The average molecular weight is 344 g/mol. The molecule has 7 heteroatoms. The predicted molar refractivity (Wildman–Crippen MR) is 94.7 cm³/mol. The Morgan fingerprint density at radius 3 is 3.04 bits per heavy atom. The average Bonchev–Trinajstić information content (AvgIpc) is 3.15. The van der Waals surface area contributed by atoms with E-state index in [0.717, 1.165) is 28.6 Å². The molecule has 0 saturated carbocycles. The second kappa shape index (κ2) is 6.00. The lowest BCUT2D eigenvalue weighted by molar-refractivity contribution is -0.159. The molecule has 25 heavy (non-hydrogen) atoms. The molecule has 2 fully saturated rings. The number of ether oxygens (including phenoxy) is 2. The molecule has 2 aliphatic rings. The fourth-order valence-corrected chi connectivity index (χ4v) is 3.96. The number of fused-ring (bicyclic) bond motifs is 1. The van der Waals surface area contributed by atoms with Gasteiger partial charge in [-0.2, -0.15) is 5.10 Å². The van der Waals surface area contributed by atoms with Gasteiger partial charge in [-0.1, -0.05) is 0 Å². The third-order valence-corrected chi connectivity index (χ3v) is 5.31. The van der Waals surface area contributed by atoms with Crippen LogP contribution in [0.5, 0.6) is 0 Å². The summed E-state index contributed by atoms with van der Waals surface area (Å²) in [7, 11) is 0. The second-order valence-electron chi connectivity index (χ2n) is 7.19. The first-order chi connectivity index (χ1) is 12.0. The minimum Gasteiger partial charge on any atom is -0.375 e. The summed E-state index contributed by atoms with van der Waals surface area (Å²) in [5.74, 6) is 0. The van der Waals surface area contributed by atoms with Crippen molar-refractivity contribution in [2.75, 3.05) is 25.0 Å². The Bertz CT molecular complexity index is 805. The number of benzene rings is 1. The highest BCUT2D eigenvalue weighted by Crippen LogP contribution is 2.35. The Morgan fingerprint density at radius 1 is 1.44 bits per heavy atom. The minimum atomic E-state index is -0.391. The van der Waals surface area contributed by atoms with E-state index in [4.69, 9.17) is 9.47 Å². The van der Waals surface area contributed by atoms with E-state index in [-0.39, 0.29) is 18.2 Å². The van der Waals surface area contributed by atoms with Crippen molar-refractivity contribution in [3.05, 3.63) is 23.9 Å². The van der Waals surface area contributed by atoms with Gasteiger partial charge < -0.3 is 19.7 Å². The van der Waals surface area contributed by atoms with Gasteiger partial charge in [0.25, 0.3) is 0 Å². The molecule has 2 N–H and O–H groups in total. The Balaban J connectivity index is 1.53. The maximum absolute atomic E-state index is 12.8. The third-order valence-electron chi connectivity index (χ3n) is 5.31. The van der Waals surface area contributed by atoms with Crippen LogP contribution in [0.2, 0.25) is 0 Å². The molecule has 1 aromatic heterocycles. The van der Waals surface area contributed by atoms with Crippen LogP contribution in [0.25, 0.3) is 10.9 Å². The van der Waals surface area contributed by atoms with Crippen molar-refractivity contribution in [3.63, 3.8) is 0 Å². The summed E-state index contributed by atoms with van der Waals surface area (Å²) < 4.78 is 11.9. The molecule has 7 nitrogen and oxygen atoms in total. The van der Waals surface area contributed by atoms with E-state index in [9.17, 15) is 4.79 Å². The van der Waals surface area contributed by atoms with Crippen LogP contribution in [0, 0.1) is 6.92 Å². The number of hydrogen-bond acceptors (Lipinski definition) is 4. The minimum absolute atomic E-state index is 0.00543. The molecule has 4 rings (SSSR count). The number of rotatable bonds is 1. The molecule has 0 radical (unpaired) electrons. The number of amides is 2. The van der Waals surface area contributed by atoms with Crippen LogP contribution in [-0.2, 0) is 9.47 Å². The number of nitrogens with one attached hydrogen (secondary N) is 2. The fourth-order valence-electron chi connectivity index (χ4n) is 3.96. The van der Waals surface area contributed by atoms with Gasteiger partial charge in [-0.3, -0.25) is 5.10 Å². The molecule has 134 valence electrons. The molecule has 0 bridgehead atoms. The number of aryl methyl sites for hydroxylation is 1. The summed E-state index contributed by atoms with van der Waals surface area (Å²) in [5.41, 5.74) is 2.37. The molecule has 3 atom stereocenters. The van der Waals surface area contributed by atoms with Crippen molar-refractivity contribution >= 4 is 22.6 Å². The van der Waals surface area contributed by atoms with Gasteiger partial charge in [0.05, 0.1) is 30.5 Å². The van der Waals surface area contributed by atoms with Crippen molar-refractivity contribution in [1.29, 1.82) is 0 Å². The molecule has 2 aliphatic heterocycles. The fraction of sp³-hybridized carbons (Fsp3) is 0.556.